The van der Waals surface area contributed by atoms with Crippen LogP contribution in [0.4, 0.5) is 19.3 Å². The molecule has 0 aromatic heterocycles. The highest BCUT2D eigenvalue weighted by Gasteiger charge is 2.24. The van der Waals surface area contributed by atoms with Crippen molar-refractivity contribution in [3.63, 3.8) is 0 Å². The number of hydrogen-bond donors (Lipinski definition) is 2. The second kappa shape index (κ2) is 7.53. The van der Waals surface area contributed by atoms with Crippen LogP contribution in [0.25, 0.3) is 0 Å². The van der Waals surface area contributed by atoms with Crippen LogP contribution in [0.1, 0.15) is 10.4 Å². The smallest absolute Gasteiger partial charge is 0.337 e. The van der Waals surface area contributed by atoms with Gasteiger partial charge in [0.05, 0.1) is 24.4 Å². The Kier molecular flexibility index (Phi) is 6.04. The molecule has 0 radical (unpaired) electrons. The minimum absolute atomic E-state index is 0.0900. The lowest BCUT2D eigenvalue weighted by Gasteiger charge is -2.28. The Morgan fingerprint density at radius 2 is 1.90 bits per heavy atom. The molecule has 2 amide bonds. The SMILES string of the molecule is CN(C(=O)N(CCO)CC(F)F)c1ccccc1C(=O)O. The van der Waals surface area contributed by atoms with Crippen LogP contribution in [-0.2, 0) is 0 Å². The van der Waals surface area contributed by atoms with Crippen molar-refractivity contribution in [2.45, 2.75) is 6.43 Å². The van der Waals surface area contributed by atoms with Crippen molar-refractivity contribution in [2.75, 3.05) is 31.6 Å². The number of para-hydroxylation sites is 1. The Balaban J connectivity index is 3.02. The Bertz CT molecular complexity index is 511. The number of aliphatic hydroxyl groups is 1. The average Bonchev–Trinajstić information content (AvgIpc) is 2.44. The first-order chi connectivity index (χ1) is 9.88. The summed E-state index contributed by atoms with van der Waals surface area (Å²) in [5, 5.41) is 17.9. The number of aromatic carboxylic acids is 1. The van der Waals surface area contributed by atoms with E-state index < -0.39 is 31.6 Å². The van der Waals surface area contributed by atoms with Crippen LogP contribution in [0.2, 0.25) is 0 Å². The third-order valence-electron chi connectivity index (χ3n) is 2.78. The molecular weight excluding hydrogens is 286 g/mol. The number of amides is 2. The number of carboxylic acid groups (broad SMARTS) is 1. The van der Waals surface area contributed by atoms with Gasteiger partial charge in [0.1, 0.15) is 0 Å². The molecule has 21 heavy (non-hydrogen) atoms. The summed E-state index contributed by atoms with van der Waals surface area (Å²) in [6, 6.07) is 4.94. The monoisotopic (exact) mass is 302 g/mol. The molecule has 1 aromatic carbocycles. The highest BCUT2D eigenvalue weighted by atomic mass is 19.3. The summed E-state index contributed by atoms with van der Waals surface area (Å²) in [4.78, 5) is 25.0. The van der Waals surface area contributed by atoms with Crippen molar-refractivity contribution in [3.05, 3.63) is 29.8 Å². The molecule has 0 atom stereocenters. The summed E-state index contributed by atoms with van der Waals surface area (Å²) in [5.74, 6) is -1.23. The van der Waals surface area contributed by atoms with Gasteiger partial charge in [-0.15, -0.1) is 0 Å². The fraction of sp³-hybridized carbons (Fsp3) is 0.385. The molecule has 8 heteroatoms. The zero-order valence-electron chi connectivity index (χ0n) is 11.4. The lowest BCUT2D eigenvalue weighted by molar-refractivity contribution is 0.0697. The Hall–Kier alpha value is -2.22. The molecule has 1 rings (SSSR count). The number of carbonyl (C=O) groups excluding carboxylic acids is 1. The average molecular weight is 302 g/mol. The molecular formula is C13H16F2N2O4. The van der Waals surface area contributed by atoms with E-state index in [4.69, 9.17) is 10.2 Å². The van der Waals surface area contributed by atoms with Crippen molar-refractivity contribution in [3.8, 4) is 0 Å². The number of alkyl halides is 2. The summed E-state index contributed by atoms with van der Waals surface area (Å²) in [6.07, 6.45) is -2.75. The zero-order valence-corrected chi connectivity index (χ0v) is 11.4. The number of carboxylic acids is 1. The van der Waals surface area contributed by atoms with Gasteiger partial charge in [-0.1, -0.05) is 12.1 Å². The quantitative estimate of drug-likeness (QED) is 0.834. The first-order valence-electron chi connectivity index (χ1n) is 6.12. The molecule has 116 valence electrons. The van der Waals surface area contributed by atoms with E-state index in [1.165, 1.54) is 31.3 Å². The molecule has 0 spiro atoms. The number of urea groups is 1. The van der Waals surface area contributed by atoms with Gasteiger partial charge < -0.3 is 15.1 Å². The van der Waals surface area contributed by atoms with Crippen LogP contribution in [0.15, 0.2) is 24.3 Å². The van der Waals surface area contributed by atoms with Crippen LogP contribution >= 0.6 is 0 Å². The first-order valence-corrected chi connectivity index (χ1v) is 6.12. The van der Waals surface area contributed by atoms with Gasteiger partial charge >= 0.3 is 12.0 Å². The molecule has 0 aliphatic carbocycles. The maximum atomic E-state index is 12.5. The second-order valence-corrected chi connectivity index (χ2v) is 4.22. The summed E-state index contributed by atoms with van der Waals surface area (Å²) in [6.45, 7) is -1.56. The lowest BCUT2D eigenvalue weighted by Crippen LogP contribution is -2.45. The number of halogens is 2. The van der Waals surface area contributed by atoms with Crippen LogP contribution in [-0.4, -0.2) is 60.3 Å². The van der Waals surface area contributed by atoms with Gasteiger partial charge in [0, 0.05) is 13.6 Å². The lowest BCUT2D eigenvalue weighted by atomic mass is 10.1. The number of aliphatic hydroxyl groups excluding tert-OH is 1. The number of carbonyl (C=O) groups is 2. The van der Waals surface area contributed by atoms with Crippen molar-refractivity contribution >= 4 is 17.7 Å². The third kappa shape index (κ3) is 4.38. The van der Waals surface area contributed by atoms with Gasteiger partial charge in [-0.2, -0.15) is 0 Å². The number of benzene rings is 1. The Morgan fingerprint density at radius 1 is 1.29 bits per heavy atom. The number of nitrogens with zero attached hydrogens (tertiary/aromatic N) is 2. The van der Waals surface area contributed by atoms with Crippen LogP contribution in [0.5, 0.6) is 0 Å². The van der Waals surface area contributed by atoms with E-state index in [-0.39, 0.29) is 17.8 Å². The van der Waals surface area contributed by atoms with E-state index >= 15 is 0 Å². The van der Waals surface area contributed by atoms with Gasteiger partial charge in [-0.3, -0.25) is 4.90 Å². The molecule has 6 nitrogen and oxygen atoms in total. The molecule has 0 aliphatic heterocycles. The molecule has 0 aliphatic rings. The van der Waals surface area contributed by atoms with E-state index in [1.807, 2.05) is 0 Å². The Morgan fingerprint density at radius 3 is 2.43 bits per heavy atom. The molecule has 0 unspecified atom stereocenters. The van der Waals surface area contributed by atoms with E-state index in [0.29, 0.717) is 0 Å². The standard InChI is InChI=1S/C13H16F2N2O4/c1-16(10-5-3-2-4-9(10)12(19)20)13(21)17(6-7-18)8-11(14)15/h2-5,11,18H,6-8H2,1H3,(H,19,20). The molecule has 0 bridgehead atoms. The van der Waals surface area contributed by atoms with Crippen LogP contribution < -0.4 is 4.90 Å². The molecule has 0 saturated heterocycles. The van der Waals surface area contributed by atoms with Gasteiger partial charge in [0.15, 0.2) is 0 Å². The largest absolute Gasteiger partial charge is 0.478 e. The number of anilines is 1. The summed E-state index contributed by atoms with van der Waals surface area (Å²) in [5.41, 5.74) is -0.0263. The van der Waals surface area contributed by atoms with Gasteiger partial charge in [0.2, 0.25) is 0 Å². The van der Waals surface area contributed by atoms with Crippen molar-refractivity contribution < 1.29 is 28.6 Å². The predicted molar refractivity (Wildman–Crippen MR) is 71.9 cm³/mol. The highest BCUT2D eigenvalue weighted by Crippen LogP contribution is 2.20. The fourth-order valence-corrected chi connectivity index (χ4v) is 1.81. The number of hydrogen-bond acceptors (Lipinski definition) is 3. The third-order valence-corrected chi connectivity index (χ3v) is 2.78. The summed E-state index contributed by atoms with van der Waals surface area (Å²) in [7, 11) is 1.29. The van der Waals surface area contributed by atoms with E-state index in [2.05, 4.69) is 0 Å². The van der Waals surface area contributed by atoms with Crippen molar-refractivity contribution in [1.82, 2.24) is 4.90 Å². The van der Waals surface area contributed by atoms with Crippen LogP contribution in [0.3, 0.4) is 0 Å². The predicted octanol–water partition coefficient (Wildman–Crippen LogP) is 1.50. The fourth-order valence-electron chi connectivity index (χ4n) is 1.81. The van der Waals surface area contributed by atoms with Gasteiger partial charge in [-0.25, -0.2) is 18.4 Å². The van der Waals surface area contributed by atoms with Crippen molar-refractivity contribution in [2.24, 2.45) is 0 Å². The van der Waals surface area contributed by atoms with Crippen LogP contribution in [0, 0.1) is 0 Å². The highest BCUT2D eigenvalue weighted by molar-refractivity contribution is 6.01. The maximum absolute atomic E-state index is 12.5. The zero-order chi connectivity index (χ0) is 16.0. The van der Waals surface area contributed by atoms with E-state index in [9.17, 15) is 18.4 Å². The van der Waals surface area contributed by atoms with Gasteiger partial charge in [0.25, 0.3) is 6.43 Å². The van der Waals surface area contributed by atoms with E-state index in [0.717, 1.165) is 9.80 Å². The summed E-state index contributed by atoms with van der Waals surface area (Å²) < 4.78 is 24.9. The molecule has 1 aromatic rings. The van der Waals surface area contributed by atoms with Gasteiger partial charge in [-0.05, 0) is 12.1 Å². The molecule has 0 heterocycles. The second-order valence-electron chi connectivity index (χ2n) is 4.22. The molecule has 2 N–H and O–H groups in total. The molecule has 0 fully saturated rings. The Labute approximate surface area is 120 Å². The van der Waals surface area contributed by atoms with E-state index in [1.54, 1.807) is 0 Å². The maximum Gasteiger partial charge on any atom is 0.337 e. The topological polar surface area (TPSA) is 81.1 Å². The minimum Gasteiger partial charge on any atom is -0.478 e. The normalized spacial score (nSPS) is 10.5. The first kappa shape index (κ1) is 16.8. The number of rotatable bonds is 6. The molecule has 0 saturated carbocycles. The van der Waals surface area contributed by atoms with Crippen molar-refractivity contribution in [1.29, 1.82) is 0 Å². The minimum atomic E-state index is -2.75. The summed E-state index contributed by atoms with van der Waals surface area (Å²) >= 11 is 0.